The third-order valence-corrected chi connectivity index (χ3v) is 5.57. The molecule has 1 aliphatic heterocycles. The van der Waals surface area contributed by atoms with Crippen molar-refractivity contribution in [1.29, 1.82) is 0 Å². The van der Waals surface area contributed by atoms with Crippen molar-refractivity contribution < 1.29 is 13.2 Å². The minimum Gasteiger partial charge on any atom is -0.493 e. The second kappa shape index (κ2) is 6.33. The summed E-state index contributed by atoms with van der Waals surface area (Å²) < 4.78 is 31.1. The summed E-state index contributed by atoms with van der Waals surface area (Å²) in [6.07, 6.45) is 1.73. The lowest BCUT2D eigenvalue weighted by atomic mass is 10.0. The molecular weight excluding hydrogens is 332 g/mol. The average Bonchev–Trinajstić information content (AvgIpc) is 3.17. The van der Waals surface area contributed by atoms with Crippen molar-refractivity contribution in [2.45, 2.75) is 19.4 Å². The first kappa shape index (κ1) is 16.0. The molecule has 2 aromatic rings. The molecular formula is C16H18N2O3S2. The molecule has 0 fully saturated rings. The molecule has 122 valence electrons. The molecule has 1 atom stereocenters. The Kier molecular flexibility index (Phi) is 4.41. The Hall–Kier alpha value is -1.86. The van der Waals surface area contributed by atoms with Gasteiger partial charge in [0.05, 0.1) is 18.6 Å². The molecule has 1 aromatic heterocycles. The fourth-order valence-corrected chi connectivity index (χ4v) is 4.41. The summed E-state index contributed by atoms with van der Waals surface area (Å²) in [7, 11) is -3.43. The van der Waals surface area contributed by atoms with Crippen molar-refractivity contribution in [2.24, 2.45) is 5.10 Å². The maximum absolute atomic E-state index is 12.1. The molecule has 1 unspecified atom stereocenters. The molecule has 1 aliphatic rings. The monoisotopic (exact) mass is 350 g/mol. The predicted octanol–water partition coefficient (Wildman–Crippen LogP) is 3.26. The zero-order chi connectivity index (χ0) is 16.4. The van der Waals surface area contributed by atoms with Gasteiger partial charge in [0.1, 0.15) is 11.8 Å². The summed E-state index contributed by atoms with van der Waals surface area (Å²) in [6, 6.07) is 11.2. The first-order chi connectivity index (χ1) is 11.0. The van der Waals surface area contributed by atoms with E-state index in [9.17, 15) is 8.42 Å². The quantitative estimate of drug-likeness (QED) is 0.832. The average molecular weight is 350 g/mol. The van der Waals surface area contributed by atoms with E-state index in [2.05, 4.69) is 5.10 Å². The fourth-order valence-electron chi connectivity index (χ4n) is 2.64. The summed E-state index contributed by atoms with van der Waals surface area (Å²) >= 11 is 1.54. The molecule has 7 heteroatoms. The SMILES string of the molecule is CCOc1ccccc1C1=NN(S(C)(=O)=O)C(c2cccs2)C1. The normalized spacial score (nSPS) is 18.1. The molecule has 1 aromatic carbocycles. The van der Waals surface area contributed by atoms with Crippen molar-refractivity contribution in [1.82, 2.24) is 4.41 Å². The van der Waals surface area contributed by atoms with Crippen LogP contribution in [0.25, 0.3) is 0 Å². The Morgan fingerprint density at radius 3 is 2.74 bits per heavy atom. The lowest BCUT2D eigenvalue weighted by molar-refractivity contribution is 0.339. The number of ether oxygens (including phenoxy) is 1. The van der Waals surface area contributed by atoms with Crippen molar-refractivity contribution in [3.05, 3.63) is 52.2 Å². The minimum atomic E-state index is -3.43. The Bertz CT molecular complexity index is 814. The molecule has 0 saturated heterocycles. The Balaban J connectivity index is 2.02. The molecule has 0 spiro atoms. The number of nitrogens with zero attached hydrogens (tertiary/aromatic N) is 2. The third-order valence-electron chi connectivity index (χ3n) is 3.58. The lowest BCUT2D eigenvalue weighted by Gasteiger charge is -2.19. The van der Waals surface area contributed by atoms with Crippen molar-refractivity contribution in [2.75, 3.05) is 12.9 Å². The van der Waals surface area contributed by atoms with Crippen LogP contribution in [-0.2, 0) is 10.0 Å². The van der Waals surface area contributed by atoms with Crippen LogP contribution in [0.4, 0.5) is 0 Å². The summed E-state index contributed by atoms with van der Waals surface area (Å²) in [5.74, 6) is 0.731. The number of sulfonamides is 1. The van der Waals surface area contributed by atoms with Gasteiger partial charge in [-0.2, -0.15) is 9.52 Å². The number of benzene rings is 1. The minimum absolute atomic E-state index is 0.283. The highest BCUT2D eigenvalue weighted by molar-refractivity contribution is 7.88. The Morgan fingerprint density at radius 1 is 1.30 bits per heavy atom. The van der Waals surface area contributed by atoms with Gasteiger partial charge in [-0.1, -0.05) is 18.2 Å². The van der Waals surface area contributed by atoms with Gasteiger partial charge in [-0.3, -0.25) is 0 Å². The Labute approximate surface area is 140 Å². The van der Waals surface area contributed by atoms with E-state index in [1.54, 1.807) is 11.3 Å². The maximum atomic E-state index is 12.1. The van der Waals surface area contributed by atoms with Gasteiger partial charge < -0.3 is 4.74 Å². The highest BCUT2D eigenvalue weighted by Gasteiger charge is 2.35. The third kappa shape index (κ3) is 3.25. The molecule has 23 heavy (non-hydrogen) atoms. The number of hydrogen-bond donors (Lipinski definition) is 0. The highest BCUT2D eigenvalue weighted by atomic mass is 32.2. The zero-order valence-electron chi connectivity index (χ0n) is 13.0. The van der Waals surface area contributed by atoms with Crippen LogP contribution in [0.5, 0.6) is 5.75 Å². The fraction of sp³-hybridized carbons (Fsp3) is 0.312. The van der Waals surface area contributed by atoms with Crippen LogP contribution in [0, 0.1) is 0 Å². The number of hydrazone groups is 1. The standard InChI is InChI=1S/C16H18N2O3S2/c1-3-21-15-8-5-4-7-12(15)13-11-14(16-9-6-10-22-16)18(17-13)23(2,19)20/h4-10,14H,3,11H2,1-2H3. The van der Waals surface area contributed by atoms with Crippen molar-refractivity contribution in [3.8, 4) is 5.75 Å². The summed E-state index contributed by atoms with van der Waals surface area (Å²) in [4.78, 5) is 0.989. The molecule has 0 saturated carbocycles. The van der Waals surface area contributed by atoms with E-state index >= 15 is 0 Å². The molecule has 5 nitrogen and oxygen atoms in total. The van der Waals surface area contributed by atoms with E-state index in [1.807, 2.05) is 48.7 Å². The number of rotatable bonds is 5. The number of para-hydroxylation sites is 1. The highest BCUT2D eigenvalue weighted by Crippen LogP contribution is 2.38. The van der Waals surface area contributed by atoms with Gasteiger partial charge in [-0.05, 0) is 30.5 Å². The van der Waals surface area contributed by atoms with E-state index < -0.39 is 10.0 Å². The van der Waals surface area contributed by atoms with Crippen LogP contribution in [0.3, 0.4) is 0 Å². The smallest absolute Gasteiger partial charge is 0.247 e. The van der Waals surface area contributed by atoms with E-state index in [-0.39, 0.29) is 6.04 Å². The van der Waals surface area contributed by atoms with Crippen LogP contribution < -0.4 is 4.74 Å². The maximum Gasteiger partial charge on any atom is 0.247 e. The second-order valence-corrected chi connectivity index (χ2v) is 8.07. The zero-order valence-corrected chi connectivity index (χ0v) is 14.6. The van der Waals surface area contributed by atoms with Crippen molar-refractivity contribution >= 4 is 27.1 Å². The largest absolute Gasteiger partial charge is 0.493 e. The molecule has 0 aliphatic carbocycles. The van der Waals surface area contributed by atoms with E-state index in [4.69, 9.17) is 4.74 Å². The van der Waals surface area contributed by atoms with Crippen LogP contribution in [0.2, 0.25) is 0 Å². The summed E-state index contributed by atoms with van der Waals surface area (Å²) in [6.45, 7) is 2.47. The molecule has 0 N–H and O–H groups in total. The van der Waals surface area contributed by atoms with Gasteiger partial charge in [0.15, 0.2) is 0 Å². The van der Waals surface area contributed by atoms with Gasteiger partial charge >= 0.3 is 0 Å². The van der Waals surface area contributed by atoms with Gasteiger partial charge in [-0.25, -0.2) is 8.42 Å². The number of hydrogen-bond acceptors (Lipinski definition) is 5. The van der Waals surface area contributed by atoms with Crippen molar-refractivity contribution in [3.63, 3.8) is 0 Å². The van der Waals surface area contributed by atoms with Gasteiger partial charge in [0, 0.05) is 16.9 Å². The van der Waals surface area contributed by atoms with E-state index in [0.717, 1.165) is 21.9 Å². The summed E-state index contributed by atoms with van der Waals surface area (Å²) in [5.41, 5.74) is 1.58. The van der Waals surface area contributed by atoms with Gasteiger partial charge in [0.2, 0.25) is 10.0 Å². The lowest BCUT2D eigenvalue weighted by Crippen LogP contribution is -2.25. The van der Waals surface area contributed by atoms with Crippen LogP contribution in [0.15, 0.2) is 46.9 Å². The van der Waals surface area contributed by atoms with Crippen LogP contribution >= 0.6 is 11.3 Å². The second-order valence-electron chi connectivity index (χ2n) is 5.25. The molecule has 0 amide bonds. The molecule has 3 rings (SSSR count). The topological polar surface area (TPSA) is 59.0 Å². The molecule has 2 heterocycles. The van der Waals surface area contributed by atoms with Crippen LogP contribution in [0.1, 0.15) is 29.8 Å². The molecule has 0 radical (unpaired) electrons. The first-order valence-electron chi connectivity index (χ1n) is 7.33. The first-order valence-corrected chi connectivity index (χ1v) is 10.1. The van der Waals surface area contributed by atoms with Crippen LogP contribution in [-0.4, -0.2) is 31.4 Å². The molecule has 0 bridgehead atoms. The van der Waals surface area contributed by atoms with Gasteiger partial charge in [-0.15, -0.1) is 11.3 Å². The van der Waals surface area contributed by atoms with Gasteiger partial charge in [0.25, 0.3) is 0 Å². The van der Waals surface area contributed by atoms with E-state index in [1.165, 1.54) is 10.7 Å². The summed E-state index contributed by atoms with van der Waals surface area (Å²) in [5, 5.41) is 6.34. The van der Waals surface area contributed by atoms with E-state index in [0.29, 0.717) is 13.0 Å². The number of thiophene rings is 1. The predicted molar refractivity (Wildman–Crippen MR) is 92.5 cm³/mol. The Morgan fingerprint density at radius 2 is 2.09 bits per heavy atom.